The van der Waals surface area contributed by atoms with Crippen LogP contribution < -0.4 is 0 Å². The molecule has 2 nitrogen and oxygen atoms in total. The van der Waals surface area contributed by atoms with Crippen LogP contribution in [-0.2, 0) is 5.41 Å². The van der Waals surface area contributed by atoms with Crippen molar-refractivity contribution in [3.05, 3.63) is 34.3 Å². The molecule has 0 spiro atoms. The van der Waals surface area contributed by atoms with E-state index in [1.165, 1.54) is 11.4 Å². The van der Waals surface area contributed by atoms with Gasteiger partial charge in [0.2, 0.25) is 0 Å². The van der Waals surface area contributed by atoms with Crippen molar-refractivity contribution in [1.82, 2.24) is 9.78 Å². The van der Waals surface area contributed by atoms with Crippen molar-refractivity contribution in [3.63, 3.8) is 0 Å². The zero-order valence-electron chi connectivity index (χ0n) is 11.2. The molecule has 3 heteroatoms. The largest absolute Gasteiger partial charge is 0.236 e. The molecule has 0 saturated carbocycles. The van der Waals surface area contributed by atoms with Gasteiger partial charge < -0.3 is 0 Å². The summed E-state index contributed by atoms with van der Waals surface area (Å²) in [6.07, 6.45) is 0. The Morgan fingerprint density at radius 3 is 2.47 bits per heavy atom. The number of aromatic nitrogens is 2. The van der Waals surface area contributed by atoms with Crippen LogP contribution in [0.1, 0.15) is 51.9 Å². The van der Waals surface area contributed by atoms with Crippen LogP contribution in [0.4, 0.5) is 0 Å². The fourth-order valence-corrected chi connectivity index (χ4v) is 2.37. The summed E-state index contributed by atoms with van der Waals surface area (Å²) in [5.74, 6) is 0.485. The Morgan fingerprint density at radius 1 is 1.29 bits per heavy atom. The average Bonchev–Trinajstić information content (AvgIpc) is 2.85. The monoisotopic (exact) mass is 248 g/mol. The molecule has 0 aliphatic heterocycles. The number of hydrogen-bond acceptors (Lipinski definition) is 2. The standard InChI is InChI=1S/C14H20N2S/c1-10(2)12-8-13(14(3,4)5)15-16(12)11-6-7-17-9-11/h6-10H,1-5H3. The Labute approximate surface area is 107 Å². The van der Waals surface area contributed by atoms with Gasteiger partial charge in [-0.15, -0.1) is 0 Å². The van der Waals surface area contributed by atoms with Crippen molar-refractivity contribution in [2.24, 2.45) is 0 Å². The molecule has 0 aromatic carbocycles. The van der Waals surface area contributed by atoms with E-state index in [0.29, 0.717) is 5.92 Å². The van der Waals surface area contributed by atoms with Crippen molar-refractivity contribution in [1.29, 1.82) is 0 Å². The van der Waals surface area contributed by atoms with Crippen molar-refractivity contribution in [2.45, 2.75) is 46.0 Å². The summed E-state index contributed by atoms with van der Waals surface area (Å²) in [4.78, 5) is 0. The van der Waals surface area contributed by atoms with Gasteiger partial charge in [-0.2, -0.15) is 16.4 Å². The summed E-state index contributed by atoms with van der Waals surface area (Å²) < 4.78 is 2.09. The van der Waals surface area contributed by atoms with E-state index in [2.05, 4.69) is 62.2 Å². The Morgan fingerprint density at radius 2 is 2.00 bits per heavy atom. The zero-order valence-corrected chi connectivity index (χ0v) is 12.0. The third kappa shape index (κ3) is 2.44. The van der Waals surface area contributed by atoms with Crippen molar-refractivity contribution >= 4 is 11.3 Å². The first-order valence-corrected chi connectivity index (χ1v) is 6.97. The molecule has 0 aliphatic carbocycles. The van der Waals surface area contributed by atoms with Crippen LogP contribution in [0.5, 0.6) is 0 Å². The molecule has 0 atom stereocenters. The molecule has 2 heterocycles. The predicted octanol–water partition coefficient (Wildman–Crippen LogP) is 4.35. The maximum absolute atomic E-state index is 4.77. The highest BCUT2D eigenvalue weighted by molar-refractivity contribution is 7.08. The van der Waals surface area contributed by atoms with E-state index in [1.54, 1.807) is 11.3 Å². The minimum absolute atomic E-state index is 0.102. The van der Waals surface area contributed by atoms with E-state index < -0.39 is 0 Å². The Kier molecular flexibility index (Phi) is 3.13. The lowest BCUT2D eigenvalue weighted by molar-refractivity contribution is 0.559. The van der Waals surface area contributed by atoms with Crippen LogP contribution in [0.3, 0.4) is 0 Å². The highest BCUT2D eigenvalue weighted by Gasteiger charge is 2.21. The van der Waals surface area contributed by atoms with E-state index >= 15 is 0 Å². The van der Waals surface area contributed by atoms with Gasteiger partial charge in [0.25, 0.3) is 0 Å². The quantitative estimate of drug-likeness (QED) is 0.772. The molecule has 17 heavy (non-hydrogen) atoms. The third-order valence-corrected chi connectivity index (χ3v) is 3.52. The minimum atomic E-state index is 0.102. The molecular formula is C14H20N2S. The second-order valence-electron chi connectivity index (χ2n) is 5.75. The van der Waals surface area contributed by atoms with Gasteiger partial charge in [-0.1, -0.05) is 34.6 Å². The molecule has 0 radical (unpaired) electrons. The summed E-state index contributed by atoms with van der Waals surface area (Å²) in [7, 11) is 0. The van der Waals surface area contributed by atoms with Crippen LogP contribution >= 0.6 is 11.3 Å². The van der Waals surface area contributed by atoms with E-state index in [9.17, 15) is 0 Å². The number of hydrogen-bond donors (Lipinski definition) is 0. The first kappa shape index (κ1) is 12.4. The fraction of sp³-hybridized carbons (Fsp3) is 0.500. The van der Waals surface area contributed by atoms with Crippen LogP contribution in [0, 0.1) is 0 Å². The van der Waals surface area contributed by atoms with Crippen LogP contribution in [0.25, 0.3) is 5.69 Å². The second kappa shape index (κ2) is 4.30. The number of thiophene rings is 1. The van der Waals surface area contributed by atoms with Crippen LogP contribution in [0.2, 0.25) is 0 Å². The van der Waals surface area contributed by atoms with Gasteiger partial charge in [0.1, 0.15) is 0 Å². The van der Waals surface area contributed by atoms with Gasteiger partial charge >= 0.3 is 0 Å². The normalized spacial score (nSPS) is 12.4. The van der Waals surface area contributed by atoms with Gasteiger partial charge in [0, 0.05) is 16.5 Å². The van der Waals surface area contributed by atoms with Gasteiger partial charge in [-0.25, -0.2) is 4.68 Å². The lowest BCUT2D eigenvalue weighted by Crippen LogP contribution is -2.12. The Hall–Kier alpha value is -1.09. The summed E-state index contributed by atoms with van der Waals surface area (Å²) in [6.45, 7) is 11.0. The smallest absolute Gasteiger partial charge is 0.0755 e. The Bertz CT molecular complexity index is 487. The zero-order chi connectivity index (χ0) is 12.6. The van der Waals surface area contributed by atoms with Crippen molar-refractivity contribution in [2.75, 3.05) is 0 Å². The highest BCUT2D eigenvalue weighted by atomic mass is 32.1. The van der Waals surface area contributed by atoms with E-state index in [0.717, 1.165) is 5.69 Å². The van der Waals surface area contributed by atoms with Gasteiger partial charge in [-0.3, -0.25) is 0 Å². The molecule has 2 rings (SSSR count). The van der Waals surface area contributed by atoms with Gasteiger partial charge in [0.15, 0.2) is 0 Å². The molecule has 2 aromatic rings. The lowest BCUT2D eigenvalue weighted by atomic mass is 9.92. The molecule has 0 unspecified atom stereocenters. The summed E-state index contributed by atoms with van der Waals surface area (Å²) in [5, 5.41) is 9.01. The molecule has 2 aromatic heterocycles. The molecule has 92 valence electrons. The summed E-state index contributed by atoms with van der Waals surface area (Å²) in [5.41, 5.74) is 3.72. The minimum Gasteiger partial charge on any atom is -0.236 e. The fourth-order valence-electron chi connectivity index (χ4n) is 1.76. The first-order chi connectivity index (χ1) is 7.89. The van der Waals surface area contributed by atoms with Gasteiger partial charge in [-0.05, 0) is 23.4 Å². The van der Waals surface area contributed by atoms with E-state index in [-0.39, 0.29) is 5.41 Å². The molecule has 0 aliphatic rings. The maximum atomic E-state index is 4.77. The molecular weight excluding hydrogens is 228 g/mol. The third-order valence-electron chi connectivity index (χ3n) is 2.85. The predicted molar refractivity (Wildman–Crippen MR) is 74.2 cm³/mol. The van der Waals surface area contributed by atoms with Gasteiger partial charge in [0.05, 0.1) is 11.4 Å². The van der Waals surface area contributed by atoms with E-state index in [1.807, 2.05) is 0 Å². The second-order valence-corrected chi connectivity index (χ2v) is 6.53. The molecule has 0 saturated heterocycles. The Balaban J connectivity index is 2.54. The molecule has 0 N–H and O–H groups in total. The summed E-state index contributed by atoms with van der Waals surface area (Å²) in [6, 6.07) is 4.36. The maximum Gasteiger partial charge on any atom is 0.0755 e. The SMILES string of the molecule is CC(C)c1cc(C(C)(C)C)nn1-c1ccsc1. The van der Waals surface area contributed by atoms with Crippen molar-refractivity contribution < 1.29 is 0 Å². The molecule has 0 bridgehead atoms. The summed E-state index contributed by atoms with van der Waals surface area (Å²) >= 11 is 1.71. The number of nitrogens with zero attached hydrogens (tertiary/aromatic N) is 2. The lowest BCUT2D eigenvalue weighted by Gasteiger charge is -2.14. The van der Waals surface area contributed by atoms with Crippen LogP contribution in [0.15, 0.2) is 22.9 Å². The first-order valence-electron chi connectivity index (χ1n) is 6.02. The molecule has 0 amide bonds. The highest BCUT2D eigenvalue weighted by Crippen LogP contribution is 2.27. The molecule has 0 fully saturated rings. The topological polar surface area (TPSA) is 17.8 Å². The number of rotatable bonds is 2. The van der Waals surface area contributed by atoms with Crippen molar-refractivity contribution in [3.8, 4) is 5.69 Å². The van der Waals surface area contributed by atoms with Crippen LogP contribution in [-0.4, -0.2) is 9.78 Å². The van der Waals surface area contributed by atoms with E-state index in [4.69, 9.17) is 5.10 Å². The average molecular weight is 248 g/mol.